The van der Waals surface area contributed by atoms with Crippen LogP contribution in [-0.2, 0) is 16.0 Å². The third-order valence-corrected chi connectivity index (χ3v) is 1.77. The van der Waals surface area contributed by atoms with E-state index >= 15 is 0 Å². The van der Waals surface area contributed by atoms with Crippen LogP contribution in [0, 0.1) is 0 Å². The molecule has 2 nitrogen and oxygen atoms in total. The molecule has 0 spiro atoms. The minimum Gasteiger partial charge on any atom is -0.463 e. The third-order valence-electron chi connectivity index (χ3n) is 1.77. The Morgan fingerprint density at radius 2 is 2.07 bits per heavy atom. The Bertz CT molecular complexity index is 285. The molecule has 0 saturated carbocycles. The summed E-state index contributed by atoms with van der Waals surface area (Å²) in [6, 6.07) is 9.28. The molecule has 0 aliphatic carbocycles. The van der Waals surface area contributed by atoms with E-state index in [4.69, 9.17) is 0 Å². The molecule has 0 aliphatic rings. The lowest BCUT2D eigenvalue weighted by Gasteiger charge is -2.07. The maximum Gasteiger partial charge on any atom is 0.302 e. The topological polar surface area (TPSA) is 26.3 Å². The number of halogens is 1. The summed E-state index contributed by atoms with van der Waals surface area (Å²) in [7, 11) is 0. The number of alkyl halides is 1. The highest BCUT2D eigenvalue weighted by Gasteiger charge is 2.08. The Labute approximate surface area is 82.7 Å². The van der Waals surface area contributed by atoms with E-state index in [0.717, 1.165) is 5.56 Å². The Balaban J connectivity index is 2.34. The number of rotatable bonds is 4. The van der Waals surface area contributed by atoms with E-state index in [0.29, 0.717) is 0 Å². The van der Waals surface area contributed by atoms with Gasteiger partial charge in [0.05, 0.1) is 0 Å². The largest absolute Gasteiger partial charge is 0.463 e. The third kappa shape index (κ3) is 4.03. The van der Waals surface area contributed by atoms with Gasteiger partial charge in [0.15, 0.2) is 0 Å². The van der Waals surface area contributed by atoms with Crippen molar-refractivity contribution >= 4 is 5.97 Å². The van der Waals surface area contributed by atoms with Crippen molar-refractivity contribution in [2.24, 2.45) is 0 Å². The van der Waals surface area contributed by atoms with E-state index in [1.54, 1.807) is 0 Å². The van der Waals surface area contributed by atoms with Crippen LogP contribution in [0.5, 0.6) is 0 Å². The van der Waals surface area contributed by atoms with Crippen molar-refractivity contribution < 1.29 is 13.9 Å². The molecule has 3 heteroatoms. The van der Waals surface area contributed by atoms with Crippen LogP contribution in [0.1, 0.15) is 12.5 Å². The highest BCUT2D eigenvalue weighted by molar-refractivity contribution is 5.65. The van der Waals surface area contributed by atoms with Gasteiger partial charge in [-0.25, -0.2) is 4.39 Å². The van der Waals surface area contributed by atoms with Crippen molar-refractivity contribution in [1.82, 2.24) is 0 Å². The first kappa shape index (κ1) is 10.7. The molecule has 0 aromatic heterocycles. The molecule has 1 aromatic carbocycles. The van der Waals surface area contributed by atoms with Crippen LogP contribution >= 0.6 is 0 Å². The molecule has 1 rings (SSSR count). The summed E-state index contributed by atoms with van der Waals surface area (Å²) in [5.41, 5.74) is 0.909. The van der Waals surface area contributed by atoms with Crippen LogP contribution in [0.15, 0.2) is 30.3 Å². The van der Waals surface area contributed by atoms with Gasteiger partial charge in [0.1, 0.15) is 12.8 Å². The van der Waals surface area contributed by atoms with E-state index in [2.05, 4.69) is 4.74 Å². The standard InChI is InChI=1S/C11H13FO2/c1-9(13)14-8-11(12)7-10-5-3-2-4-6-10/h2-6,11H,7-8H2,1H3. The van der Waals surface area contributed by atoms with Gasteiger partial charge in [0.25, 0.3) is 0 Å². The SMILES string of the molecule is CC(=O)OCC(F)Cc1ccccc1. The Morgan fingerprint density at radius 1 is 1.43 bits per heavy atom. The second-order valence-electron chi connectivity index (χ2n) is 3.09. The quantitative estimate of drug-likeness (QED) is 0.689. The molecule has 0 aliphatic heterocycles. The fourth-order valence-electron chi connectivity index (χ4n) is 1.14. The van der Waals surface area contributed by atoms with Gasteiger partial charge in [0.2, 0.25) is 0 Å². The fraction of sp³-hybridized carbons (Fsp3) is 0.364. The Hall–Kier alpha value is -1.38. The van der Waals surface area contributed by atoms with E-state index in [1.165, 1.54) is 6.92 Å². The van der Waals surface area contributed by atoms with Crippen LogP contribution in [0.4, 0.5) is 4.39 Å². The zero-order valence-corrected chi connectivity index (χ0v) is 8.07. The smallest absolute Gasteiger partial charge is 0.302 e. The molecule has 0 bridgehead atoms. The number of esters is 1. The van der Waals surface area contributed by atoms with Crippen molar-refractivity contribution in [3.05, 3.63) is 35.9 Å². The summed E-state index contributed by atoms with van der Waals surface area (Å²) in [6.07, 6.45) is -0.838. The van der Waals surface area contributed by atoms with Crippen molar-refractivity contribution in [3.8, 4) is 0 Å². The van der Waals surface area contributed by atoms with Gasteiger partial charge in [-0.05, 0) is 5.56 Å². The van der Waals surface area contributed by atoms with Gasteiger partial charge < -0.3 is 4.74 Å². The van der Waals surface area contributed by atoms with E-state index in [-0.39, 0.29) is 13.0 Å². The highest BCUT2D eigenvalue weighted by atomic mass is 19.1. The normalized spacial score (nSPS) is 12.1. The minimum absolute atomic E-state index is 0.162. The molecule has 1 atom stereocenters. The maximum absolute atomic E-state index is 13.2. The molecule has 1 unspecified atom stereocenters. The number of carbonyl (C=O) groups excluding carboxylic acids is 1. The summed E-state index contributed by atoms with van der Waals surface area (Å²) in [6.45, 7) is 1.11. The minimum atomic E-state index is -1.12. The van der Waals surface area contributed by atoms with Crippen LogP contribution in [0.2, 0.25) is 0 Å². The van der Waals surface area contributed by atoms with E-state index in [9.17, 15) is 9.18 Å². The van der Waals surface area contributed by atoms with Crippen LogP contribution in [-0.4, -0.2) is 18.7 Å². The second kappa shape index (κ2) is 5.37. The maximum atomic E-state index is 13.2. The van der Waals surface area contributed by atoms with Gasteiger partial charge >= 0.3 is 5.97 Å². The van der Waals surface area contributed by atoms with Gasteiger partial charge in [-0.1, -0.05) is 30.3 Å². The lowest BCUT2D eigenvalue weighted by atomic mass is 10.1. The van der Waals surface area contributed by atoms with Crippen molar-refractivity contribution in [1.29, 1.82) is 0 Å². The number of benzene rings is 1. The van der Waals surface area contributed by atoms with Gasteiger partial charge in [0, 0.05) is 13.3 Å². The zero-order chi connectivity index (χ0) is 10.4. The number of carbonyl (C=O) groups is 1. The molecule has 0 fully saturated rings. The first-order valence-corrected chi connectivity index (χ1v) is 4.50. The lowest BCUT2D eigenvalue weighted by molar-refractivity contribution is -0.142. The molecule has 0 N–H and O–H groups in total. The number of hydrogen-bond donors (Lipinski definition) is 0. The van der Waals surface area contributed by atoms with E-state index in [1.807, 2.05) is 30.3 Å². The summed E-state index contributed by atoms with van der Waals surface area (Å²) in [5.74, 6) is -0.444. The Kier molecular flexibility index (Phi) is 4.11. The lowest BCUT2D eigenvalue weighted by Crippen LogP contribution is -2.15. The Morgan fingerprint density at radius 3 is 2.64 bits per heavy atom. The van der Waals surface area contributed by atoms with Gasteiger partial charge in [-0.2, -0.15) is 0 Å². The number of hydrogen-bond acceptors (Lipinski definition) is 2. The van der Waals surface area contributed by atoms with Gasteiger partial charge in [-0.15, -0.1) is 0 Å². The van der Waals surface area contributed by atoms with Crippen LogP contribution < -0.4 is 0 Å². The highest BCUT2D eigenvalue weighted by Crippen LogP contribution is 2.06. The first-order valence-electron chi connectivity index (χ1n) is 4.50. The summed E-state index contributed by atoms with van der Waals surface area (Å²) in [5, 5.41) is 0. The monoisotopic (exact) mass is 196 g/mol. The molecule has 0 amide bonds. The summed E-state index contributed by atoms with van der Waals surface area (Å²) < 4.78 is 17.7. The zero-order valence-electron chi connectivity index (χ0n) is 8.07. The molecule has 76 valence electrons. The average Bonchev–Trinajstić information content (AvgIpc) is 2.16. The summed E-state index contributed by atoms with van der Waals surface area (Å²) in [4.78, 5) is 10.4. The predicted octanol–water partition coefficient (Wildman–Crippen LogP) is 2.13. The first-order chi connectivity index (χ1) is 6.68. The predicted molar refractivity (Wildman–Crippen MR) is 51.7 cm³/mol. The molecule has 14 heavy (non-hydrogen) atoms. The van der Waals surface area contributed by atoms with Crippen molar-refractivity contribution in [3.63, 3.8) is 0 Å². The van der Waals surface area contributed by atoms with Crippen molar-refractivity contribution in [2.45, 2.75) is 19.5 Å². The molecule has 1 aromatic rings. The molecular formula is C11H13FO2. The average molecular weight is 196 g/mol. The molecule has 0 heterocycles. The fourth-order valence-corrected chi connectivity index (χ4v) is 1.14. The van der Waals surface area contributed by atoms with E-state index < -0.39 is 12.1 Å². The van der Waals surface area contributed by atoms with Crippen LogP contribution in [0.3, 0.4) is 0 Å². The van der Waals surface area contributed by atoms with Crippen LogP contribution in [0.25, 0.3) is 0 Å². The number of ether oxygens (including phenoxy) is 1. The molecule has 0 radical (unpaired) electrons. The second-order valence-corrected chi connectivity index (χ2v) is 3.09. The van der Waals surface area contributed by atoms with Crippen molar-refractivity contribution in [2.75, 3.05) is 6.61 Å². The van der Waals surface area contributed by atoms with Gasteiger partial charge in [-0.3, -0.25) is 4.79 Å². The summed E-state index contributed by atoms with van der Waals surface area (Å²) >= 11 is 0. The molecular weight excluding hydrogens is 183 g/mol. The molecule has 0 saturated heterocycles.